The molecule has 1 unspecified atom stereocenters. The highest BCUT2D eigenvalue weighted by molar-refractivity contribution is 5.51. The van der Waals surface area contributed by atoms with Crippen molar-refractivity contribution >= 4 is 0 Å². The van der Waals surface area contributed by atoms with Gasteiger partial charge in [-0.2, -0.15) is 13.2 Å². The molecule has 0 bridgehead atoms. The van der Waals surface area contributed by atoms with Crippen LogP contribution in [-0.4, -0.2) is 27.3 Å². The Labute approximate surface area is 109 Å². The highest BCUT2D eigenvalue weighted by Gasteiger charge is 2.37. The molecule has 1 saturated heterocycles. The maximum Gasteiger partial charge on any atom is 0.420 e. The molecule has 1 N–H and O–H groups in total. The minimum Gasteiger partial charge on any atom is -0.493 e. The summed E-state index contributed by atoms with van der Waals surface area (Å²) in [6, 6.07) is 2.80. The molecule has 1 aliphatic heterocycles. The maximum absolute atomic E-state index is 13.1. The van der Waals surface area contributed by atoms with Crippen molar-refractivity contribution in [3.8, 4) is 11.5 Å². The first-order valence-corrected chi connectivity index (χ1v) is 6.01. The number of hydrogen-bond donors (Lipinski definition) is 1. The zero-order valence-corrected chi connectivity index (χ0v) is 10.8. The molecule has 1 aromatic carbocycles. The van der Waals surface area contributed by atoms with Gasteiger partial charge in [0.25, 0.3) is 0 Å². The summed E-state index contributed by atoms with van der Waals surface area (Å²) in [7, 11) is 2.55. The second-order valence-electron chi connectivity index (χ2n) is 4.49. The quantitative estimate of drug-likeness (QED) is 0.920. The molecule has 106 valence electrons. The molecule has 0 aromatic heterocycles. The van der Waals surface area contributed by atoms with Crippen molar-refractivity contribution in [2.24, 2.45) is 0 Å². The second-order valence-corrected chi connectivity index (χ2v) is 4.49. The van der Waals surface area contributed by atoms with Gasteiger partial charge in [0.05, 0.1) is 14.2 Å². The number of hydrogen-bond acceptors (Lipinski definition) is 3. The molecule has 1 aromatic rings. The fourth-order valence-corrected chi connectivity index (χ4v) is 2.37. The van der Waals surface area contributed by atoms with Crippen LogP contribution in [0.25, 0.3) is 0 Å². The molecule has 2 rings (SSSR count). The molecule has 0 amide bonds. The summed E-state index contributed by atoms with van der Waals surface area (Å²) in [6.07, 6.45) is -3.63. The van der Waals surface area contributed by atoms with Gasteiger partial charge in [0.2, 0.25) is 0 Å². The molecule has 1 aliphatic rings. The molecule has 19 heavy (non-hydrogen) atoms. The van der Waals surface area contributed by atoms with Crippen molar-refractivity contribution in [1.29, 1.82) is 0 Å². The topological polar surface area (TPSA) is 30.5 Å². The van der Waals surface area contributed by atoms with E-state index < -0.39 is 11.7 Å². The van der Waals surface area contributed by atoms with Gasteiger partial charge in [-0.3, -0.25) is 0 Å². The summed E-state index contributed by atoms with van der Waals surface area (Å²) < 4.78 is 49.1. The van der Waals surface area contributed by atoms with Gasteiger partial charge in [-0.1, -0.05) is 0 Å². The van der Waals surface area contributed by atoms with E-state index in [0.717, 1.165) is 13.0 Å². The number of ether oxygens (including phenoxy) is 2. The van der Waals surface area contributed by atoms with E-state index in [4.69, 9.17) is 9.47 Å². The first-order valence-electron chi connectivity index (χ1n) is 6.01. The number of benzene rings is 1. The third-order valence-corrected chi connectivity index (χ3v) is 3.34. The lowest BCUT2D eigenvalue weighted by Crippen LogP contribution is -2.12. The van der Waals surface area contributed by atoms with E-state index in [2.05, 4.69) is 5.32 Å². The molecule has 3 nitrogen and oxygen atoms in total. The summed E-state index contributed by atoms with van der Waals surface area (Å²) in [5, 5.41) is 3.14. The minimum atomic E-state index is -4.46. The molecule has 1 heterocycles. The average molecular weight is 275 g/mol. The molecule has 0 spiro atoms. The van der Waals surface area contributed by atoms with Crippen LogP contribution < -0.4 is 14.8 Å². The van der Waals surface area contributed by atoms with Crippen LogP contribution in [0.2, 0.25) is 0 Å². The van der Waals surface area contributed by atoms with Crippen molar-refractivity contribution in [1.82, 2.24) is 5.32 Å². The Hall–Kier alpha value is -1.43. The van der Waals surface area contributed by atoms with Gasteiger partial charge in [-0.15, -0.1) is 0 Å². The summed E-state index contributed by atoms with van der Waals surface area (Å²) in [4.78, 5) is 0. The van der Waals surface area contributed by atoms with E-state index in [-0.39, 0.29) is 17.4 Å². The molecule has 1 atom stereocenters. The van der Waals surface area contributed by atoms with Crippen LogP contribution in [-0.2, 0) is 6.18 Å². The Balaban J connectivity index is 2.52. The van der Waals surface area contributed by atoms with E-state index in [1.54, 1.807) is 6.07 Å². The molecular formula is C13H16F3NO2. The van der Waals surface area contributed by atoms with Gasteiger partial charge in [0.1, 0.15) is 5.56 Å². The predicted octanol–water partition coefficient (Wildman–Crippen LogP) is 2.80. The normalized spacial score (nSPS) is 19.5. The Kier molecular flexibility index (Phi) is 3.89. The number of halogens is 3. The van der Waals surface area contributed by atoms with Crippen LogP contribution in [0.3, 0.4) is 0 Å². The van der Waals surface area contributed by atoms with E-state index in [9.17, 15) is 13.2 Å². The van der Waals surface area contributed by atoms with Crippen LogP contribution >= 0.6 is 0 Å². The summed E-state index contributed by atoms with van der Waals surface area (Å²) in [6.45, 7) is 1.51. The summed E-state index contributed by atoms with van der Waals surface area (Å²) in [5.41, 5.74) is -0.147. The molecule has 1 fully saturated rings. The van der Waals surface area contributed by atoms with Gasteiger partial charge < -0.3 is 14.8 Å². The highest BCUT2D eigenvalue weighted by atomic mass is 19.4. The van der Waals surface area contributed by atoms with E-state index >= 15 is 0 Å². The maximum atomic E-state index is 13.1. The Bertz CT molecular complexity index is 454. The first kappa shape index (κ1) is 14.0. The fraction of sp³-hybridized carbons (Fsp3) is 0.538. The number of alkyl halides is 3. The van der Waals surface area contributed by atoms with Crippen molar-refractivity contribution in [2.45, 2.75) is 18.5 Å². The number of methoxy groups -OCH3 is 2. The number of nitrogens with one attached hydrogen (secondary N) is 1. The smallest absolute Gasteiger partial charge is 0.420 e. The van der Waals surface area contributed by atoms with Crippen LogP contribution in [0, 0.1) is 0 Å². The average Bonchev–Trinajstić information content (AvgIpc) is 2.89. The molecule has 0 radical (unpaired) electrons. The molecular weight excluding hydrogens is 259 g/mol. The highest BCUT2D eigenvalue weighted by Crippen LogP contribution is 2.44. The van der Waals surface area contributed by atoms with Crippen LogP contribution in [0.1, 0.15) is 23.5 Å². The van der Waals surface area contributed by atoms with Crippen LogP contribution in [0.15, 0.2) is 12.1 Å². The Morgan fingerprint density at radius 1 is 1.21 bits per heavy atom. The zero-order chi connectivity index (χ0) is 14.0. The first-order chi connectivity index (χ1) is 8.97. The Morgan fingerprint density at radius 3 is 2.42 bits per heavy atom. The van der Waals surface area contributed by atoms with Gasteiger partial charge in [0, 0.05) is 6.54 Å². The summed E-state index contributed by atoms with van der Waals surface area (Å²) >= 11 is 0. The number of rotatable bonds is 3. The predicted molar refractivity (Wildman–Crippen MR) is 64.8 cm³/mol. The van der Waals surface area contributed by atoms with E-state index in [1.807, 2.05) is 0 Å². The zero-order valence-electron chi connectivity index (χ0n) is 10.8. The standard InChI is InChI=1S/C13H16F3NO2/c1-18-11-6-9(8-3-4-17-7-8)5-10(12(11)19-2)13(14,15)16/h5-6,8,17H,3-4,7H2,1-2H3. The Morgan fingerprint density at radius 2 is 1.95 bits per heavy atom. The van der Waals surface area contributed by atoms with Crippen LogP contribution in [0.4, 0.5) is 13.2 Å². The van der Waals surface area contributed by atoms with Crippen molar-refractivity contribution < 1.29 is 22.6 Å². The van der Waals surface area contributed by atoms with Gasteiger partial charge in [-0.25, -0.2) is 0 Å². The lowest BCUT2D eigenvalue weighted by molar-refractivity contribution is -0.138. The van der Waals surface area contributed by atoms with Crippen molar-refractivity contribution in [3.63, 3.8) is 0 Å². The largest absolute Gasteiger partial charge is 0.493 e. The van der Waals surface area contributed by atoms with Crippen molar-refractivity contribution in [2.75, 3.05) is 27.3 Å². The molecule has 6 heteroatoms. The monoisotopic (exact) mass is 275 g/mol. The van der Waals surface area contributed by atoms with E-state index in [1.165, 1.54) is 20.3 Å². The van der Waals surface area contributed by atoms with Gasteiger partial charge in [-0.05, 0) is 36.6 Å². The lowest BCUT2D eigenvalue weighted by Gasteiger charge is -2.19. The molecule has 0 saturated carbocycles. The lowest BCUT2D eigenvalue weighted by atomic mass is 9.95. The van der Waals surface area contributed by atoms with Gasteiger partial charge >= 0.3 is 6.18 Å². The van der Waals surface area contributed by atoms with Crippen LogP contribution in [0.5, 0.6) is 11.5 Å². The summed E-state index contributed by atoms with van der Waals surface area (Å²) in [5.74, 6) is -0.0511. The van der Waals surface area contributed by atoms with Gasteiger partial charge in [0.15, 0.2) is 11.5 Å². The van der Waals surface area contributed by atoms with Crippen molar-refractivity contribution in [3.05, 3.63) is 23.3 Å². The second kappa shape index (κ2) is 5.28. The van der Waals surface area contributed by atoms with E-state index in [0.29, 0.717) is 12.1 Å². The third kappa shape index (κ3) is 2.78. The molecule has 0 aliphatic carbocycles. The fourth-order valence-electron chi connectivity index (χ4n) is 2.37. The third-order valence-electron chi connectivity index (χ3n) is 3.34. The minimum absolute atomic E-state index is 0.0842. The SMILES string of the molecule is COc1cc(C2CCNC2)cc(C(F)(F)F)c1OC.